The molecule has 66 heavy (non-hydrogen) atoms. The van der Waals surface area contributed by atoms with Crippen LogP contribution in [0.5, 0.6) is 5.75 Å². The average molecular weight is 901 g/mol. The molecule has 0 fully saturated rings. The van der Waals surface area contributed by atoms with Crippen molar-refractivity contribution in [3.8, 4) is 28.1 Å². The minimum absolute atomic E-state index is 0.00775. The molecule has 4 N–H and O–H groups in total. The van der Waals surface area contributed by atoms with Gasteiger partial charge >= 0.3 is 12.2 Å². The SMILES string of the molecule is COCC(C)CN(Cc1nc2c(ccc3cc4c(cc32)OCc2cc(-c3cnc(C(C)N(CC(C)C)C(=O)C(NC(=O)OC)C(C)C)[nH]3)ccc2-4)[nH]1)C(=O)C(NC(=O)OC)c1ccccc1. The molecule has 16 heteroatoms. The van der Waals surface area contributed by atoms with Crippen LogP contribution in [-0.2, 0) is 37.0 Å². The Balaban J connectivity index is 1.14. The van der Waals surface area contributed by atoms with Crippen molar-refractivity contribution in [3.63, 3.8) is 0 Å². The van der Waals surface area contributed by atoms with Crippen LogP contribution >= 0.6 is 0 Å². The fourth-order valence-electron chi connectivity index (χ4n) is 8.55. The molecule has 4 unspecified atom stereocenters. The predicted octanol–water partition coefficient (Wildman–Crippen LogP) is 8.30. The van der Waals surface area contributed by atoms with Crippen LogP contribution in [0, 0.1) is 17.8 Å². The molecule has 348 valence electrons. The highest BCUT2D eigenvalue weighted by atomic mass is 16.5. The maximum absolute atomic E-state index is 14.3. The van der Waals surface area contributed by atoms with Crippen molar-refractivity contribution in [3.05, 3.63) is 102 Å². The zero-order valence-corrected chi connectivity index (χ0v) is 39.1. The topological polar surface area (TPSA) is 193 Å². The van der Waals surface area contributed by atoms with E-state index in [-0.39, 0.29) is 36.1 Å². The molecular weight excluding hydrogens is 841 g/mol. The summed E-state index contributed by atoms with van der Waals surface area (Å²) < 4.78 is 21.6. The van der Waals surface area contributed by atoms with Gasteiger partial charge in [-0.25, -0.2) is 19.6 Å². The zero-order chi connectivity index (χ0) is 47.2. The van der Waals surface area contributed by atoms with E-state index in [1.165, 1.54) is 14.2 Å². The number of carbonyl (C=O) groups is 4. The van der Waals surface area contributed by atoms with Crippen LogP contribution in [-0.4, -0.2) is 101 Å². The van der Waals surface area contributed by atoms with Gasteiger partial charge in [0, 0.05) is 31.1 Å². The second kappa shape index (κ2) is 20.5. The number of rotatable bonds is 17. The van der Waals surface area contributed by atoms with Crippen LogP contribution in [0.4, 0.5) is 9.59 Å². The molecule has 0 radical (unpaired) electrons. The highest BCUT2D eigenvalue weighted by Gasteiger charge is 2.34. The number of fused-ring (bicyclic) bond motifs is 6. The minimum atomic E-state index is -0.980. The Morgan fingerprint density at radius 3 is 2.26 bits per heavy atom. The highest BCUT2D eigenvalue weighted by Crippen LogP contribution is 2.42. The summed E-state index contributed by atoms with van der Waals surface area (Å²) >= 11 is 0. The lowest BCUT2D eigenvalue weighted by atomic mass is 9.92. The van der Waals surface area contributed by atoms with E-state index >= 15 is 0 Å². The third-order valence-corrected chi connectivity index (χ3v) is 11.9. The number of imidazole rings is 2. The summed E-state index contributed by atoms with van der Waals surface area (Å²) in [5.41, 5.74) is 6.94. The van der Waals surface area contributed by atoms with E-state index < -0.39 is 30.3 Å². The van der Waals surface area contributed by atoms with Gasteiger partial charge in [-0.1, -0.05) is 83.1 Å². The first kappa shape index (κ1) is 47.0. The van der Waals surface area contributed by atoms with Crippen molar-refractivity contribution >= 4 is 45.8 Å². The molecule has 0 saturated heterocycles. The lowest BCUT2D eigenvalue weighted by Crippen LogP contribution is -2.52. The molecule has 0 aliphatic carbocycles. The number of ether oxygens (including phenoxy) is 4. The van der Waals surface area contributed by atoms with E-state index in [0.29, 0.717) is 43.5 Å². The molecule has 0 spiro atoms. The van der Waals surface area contributed by atoms with Gasteiger partial charge in [-0.05, 0) is 76.6 Å². The number of alkyl carbamates (subject to hydrolysis) is 2. The Morgan fingerprint density at radius 2 is 1.56 bits per heavy atom. The minimum Gasteiger partial charge on any atom is -0.488 e. The molecular formula is C50H60N8O8. The third kappa shape index (κ3) is 10.3. The van der Waals surface area contributed by atoms with Crippen LogP contribution in [0.15, 0.2) is 79.0 Å². The number of nitrogens with one attached hydrogen (secondary N) is 4. The normalized spacial score (nSPS) is 13.9. The van der Waals surface area contributed by atoms with E-state index in [1.54, 1.807) is 35.2 Å². The van der Waals surface area contributed by atoms with Crippen LogP contribution in [0.2, 0.25) is 0 Å². The van der Waals surface area contributed by atoms with Gasteiger partial charge in [-0.3, -0.25) is 9.59 Å². The number of hydrogen-bond donors (Lipinski definition) is 4. The molecule has 4 atom stereocenters. The number of H-pyrrole nitrogens is 2. The number of benzene rings is 4. The molecule has 4 amide bonds. The van der Waals surface area contributed by atoms with Gasteiger partial charge in [0.1, 0.15) is 36.1 Å². The predicted molar refractivity (Wildman–Crippen MR) is 251 cm³/mol. The molecule has 0 saturated carbocycles. The monoisotopic (exact) mass is 900 g/mol. The van der Waals surface area contributed by atoms with Gasteiger partial charge in [0.2, 0.25) is 11.8 Å². The molecule has 2 aromatic heterocycles. The second-order valence-corrected chi connectivity index (χ2v) is 17.7. The smallest absolute Gasteiger partial charge is 0.407 e. The number of carbonyl (C=O) groups excluding carboxylic acids is 4. The molecule has 0 bridgehead atoms. The lowest BCUT2D eigenvalue weighted by Gasteiger charge is -2.34. The van der Waals surface area contributed by atoms with Gasteiger partial charge in [0.25, 0.3) is 0 Å². The van der Waals surface area contributed by atoms with Gasteiger partial charge in [0.15, 0.2) is 0 Å². The molecule has 16 nitrogen and oxygen atoms in total. The van der Waals surface area contributed by atoms with Gasteiger partial charge in [-0.2, -0.15) is 0 Å². The van der Waals surface area contributed by atoms with E-state index in [0.717, 1.165) is 55.5 Å². The number of aromatic amines is 2. The van der Waals surface area contributed by atoms with E-state index in [2.05, 4.69) is 44.9 Å². The van der Waals surface area contributed by atoms with E-state index in [4.69, 9.17) is 28.9 Å². The summed E-state index contributed by atoms with van der Waals surface area (Å²) in [6, 6.07) is 21.4. The van der Waals surface area contributed by atoms with Crippen molar-refractivity contribution in [2.24, 2.45) is 17.8 Å². The first-order valence-electron chi connectivity index (χ1n) is 22.3. The Bertz CT molecular complexity index is 2700. The Labute approximate surface area is 384 Å². The maximum atomic E-state index is 14.3. The third-order valence-electron chi connectivity index (χ3n) is 11.9. The number of aromatic nitrogens is 4. The summed E-state index contributed by atoms with van der Waals surface area (Å²) in [6.45, 7) is 13.6. The molecule has 3 heterocycles. The maximum Gasteiger partial charge on any atom is 0.407 e. The van der Waals surface area contributed by atoms with Gasteiger partial charge < -0.3 is 49.3 Å². The largest absolute Gasteiger partial charge is 0.488 e. The molecule has 7 rings (SSSR count). The number of hydrogen-bond acceptors (Lipinski definition) is 10. The molecule has 1 aliphatic heterocycles. The zero-order valence-electron chi connectivity index (χ0n) is 39.1. The van der Waals surface area contributed by atoms with E-state index in [1.807, 2.05) is 77.9 Å². The quantitative estimate of drug-likeness (QED) is 0.0692. The number of methoxy groups -OCH3 is 3. The lowest BCUT2D eigenvalue weighted by molar-refractivity contribution is -0.137. The van der Waals surface area contributed by atoms with Crippen LogP contribution < -0.4 is 15.4 Å². The standard InChI is InChI=1S/C50H60N8O8/c1-28(2)23-58(48(60)43(29(3)4)55-49(61)64-8)31(6)46-51-22-40(53-46)34-15-17-36-35(19-34)27-66-41-21-37-33(20-38(36)41)16-18-39-45(37)54-42(52-39)25-57(24-30(5)26-63-7)47(59)44(56-50(62)65-9)32-13-11-10-12-14-32/h10-22,28-31,43-44H,23-27H2,1-9H3,(H,51,53)(H,52,54)(H,55,61)(H,56,62). The average Bonchev–Trinajstić information content (AvgIpc) is 3.98. The fraction of sp³-hybridized carbons (Fsp3) is 0.400. The summed E-state index contributed by atoms with van der Waals surface area (Å²) in [4.78, 5) is 73.0. The summed E-state index contributed by atoms with van der Waals surface area (Å²) in [5, 5.41) is 7.31. The first-order chi connectivity index (χ1) is 31.7. The Kier molecular flexibility index (Phi) is 14.6. The number of nitrogens with zero attached hydrogens (tertiary/aromatic N) is 4. The van der Waals surface area contributed by atoms with Crippen molar-refractivity contribution < 1.29 is 38.1 Å². The second-order valence-electron chi connectivity index (χ2n) is 17.7. The van der Waals surface area contributed by atoms with E-state index in [9.17, 15) is 19.2 Å². The first-order valence-corrected chi connectivity index (χ1v) is 22.3. The highest BCUT2D eigenvalue weighted by molar-refractivity contribution is 6.07. The van der Waals surface area contributed by atoms with Crippen LogP contribution in [0.1, 0.15) is 76.4 Å². The number of amides is 4. The Morgan fingerprint density at radius 1 is 0.818 bits per heavy atom. The van der Waals surface area contributed by atoms with Crippen molar-refractivity contribution in [2.75, 3.05) is 41.0 Å². The van der Waals surface area contributed by atoms with Crippen molar-refractivity contribution in [2.45, 2.75) is 72.8 Å². The fourth-order valence-corrected chi connectivity index (χ4v) is 8.55. The Hall–Kier alpha value is -6.94. The molecule has 4 aromatic carbocycles. The summed E-state index contributed by atoms with van der Waals surface area (Å²) in [5.74, 6) is 1.44. The van der Waals surface area contributed by atoms with Gasteiger partial charge in [0.05, 0.1) is 56.3 Å². The molecule has 6 aromatic rings. The summed E-state index contributed by atoms with van der Waals surface area (Å²) in [6.07, 6.45) is 0.416. The van der Waals surface area contributed by atoms with Crippen molar-refractivity contribution in [1.29, 1.82) is 0 Å². The van der Waals surface area contributed by atoms with Crippen LogP contribution in [0.3, 0.4) is 0 Å². The van der Waals surface area contributed by atoms with Crippen molar-refractivity contribution in [1.82, 2.24) is 40.4 Å². The summed E-state index contributed by atoms with van der Waals surface area (Å²) in [7, 11) is 4.18. The molecule has 1 aliphatic rings. The van der Waals surface area contributed by atoms with Gasteiger partial charge in [-0.15, -0.1) is 0 Å². The van der Waals surface area contributed by atoms with Crippen LogP contribution in [0.25, 0.3) is 44.2 Å².